The Kier molecular flexibility index (Phi) is 4.62. The highest BCUT2D eigenvalue weighted by molar-refractivity contribution is 5.59. The standard InChI is InChI=1S/C20H17F3N6O2/c1-12-14(8-26-31-12)16-11-28(6-7-30-16)18-4-5-24-19(27-18)15-9-25-17-3-2-13(10-29(15)17)20(21,22)23/h2-5,8-10,16H,6-7,11H2,1H3. The lowest BCUT2D eigenvalue weighted by molar-refractivity contribution is -0.137. The molecule has 1 unspecified atom stereocenters. The SMILES string of the molecule is Cc1oncc1C1CN(c2ccnc(-c3cnc4ccc(C(F)(F)F)cn34)n2)CCO1. The third-order valence-electron chi connectivity index (χ3n) is 5.23. The van der Waals surface area contributed by atoms with Gasteiger partial charge in [0.1, 0.15) is 29.0 Å². The van der Waals surface area contributed by atoms with Gasteiger partial charge in [0.05, 0.1) is 31.1 Å². The maximum Gasteiger partial charge on any atom is 0.417 e. The van der Waals surface area contributed by atoms with Gasteiger partial charge in [0.15, 0.2) is 5.82 Å². The van der Waals surface area contributed by atoms with Gasteiger partial charge in [-0.3, -0.25) is 4.40 Å². The molecule has 1 aliphatic rings. The summed E-state index contributed by atoms with van der Waals surface area (Å²) in [4.78, 5) is 15.1. The number of hydrogen-bond donors (Lipinski definition) is 0. The van der Waals surface area contributed by atoms with Gasteiger partial charge in [0.2, 0.25) is 0 Å². The topological polar surface area (TPSA) is 81.6 Å². The largest absolute Gasteiger partial charge is 0.417 e. The Bertz CT molecular complexity index is 1240. The summed E-state index contributed by atoms with van der Waals surface area (Å²) in [6, 6.07) is 4.09. The minimum atomic E-state index is -4.46. The van der Waals surface area contributed by atoms with Gasteiger partial charge in [-0.05, 0) is 25.1 Å². The predicted molar refractivity (Wildman–Crippen MR) is 103 cm³/mol. The number of morpholine rings is 1. The number of alkyl halides is 3. The fraction of sp³-hybridized carbons (Fsp3) is 0.300. The molecule has 0 bridgehead atoms. The van der Waals surface area contributed by atoms with E-state index in [0.717, 1.165) is 17.8 Å². The van der Waals surface area contributed by atoms with Crippen LogP contribution in [0.5, 0.6) is 0 Å². The molecule has 0 spiro atoms. The first-order chi connectivity index (χ1) is 14.9. The average molecular weight is 430 g/mol. The van der Waals surface area contributed by atoms with Crippen molar-refractivity contribution < 1.29 is 22.4 Å². The minimum Gasteiger partial charge on any atom is -0.370 e. The summed E-state index contributed by atoms with van der Waals surface area (Å²) in [5.41, 5.74) is 0.866. The van der Waals surface area contributed by atoms with Gasteiger partial charge in [0.25, 0.3) is 0 Å². The zero-order valence-corrected chi connectivity index (χ0v) is 16.4. The molecule has 0 aromatic carbocycles. The summed E-state index contributed by atoms with van der Waals surface area (Å²) in [5, 5.41) is 3.81. The second-order valence-corrected chi connectivity index (χ2v) is 7.17. The summed E-state index contributed by atoms with van der Waals surface area (Å²) in [7, 11) is 0. The van der Waals surface area contributed by atoms with Crippen LogP contribution in [0.25, 0.3) is 17.2 Å². The Morgan fingerprint density at radius 3 is 2.77 bits per heavy atom. The van der Waals surface area contributed by atoms with Crippen molar-refractivity contribution >= 4 is 11.5 Å². The van der Waals surface area contributed by atoms with E-state index in [-0.39, 0.29) is 11.9 Å². The molecule has 5 rings (SSSR count). The molecule has 0 radical (unpaired) electrons. The van der Waals surface area contributed by atoms with Crippen molar-refractivity contribution in [3.8, 4) is 11.5 Å². The van der Waals surface area contributed by atoms with Crippen LogP contribution in [0.2, 0.25) is 0 Å². The Hall–Kier alpha value is -3.47. The zero-order chi connectivity index (χ0) is 21.6. The van der Waals surface area contributed by atoms with Crippen LogP contribution in [-0.2, 0) is 10.9 Å². The van der Waals surface area contributed by atoms with E-state index in [2.05, 4.69) is 20.1 Å². The molecule has 0 aliphatic carbocycles. The molecule has 1 fully saturated rings. The van der Waals surface area contributed by atoms with Crippen LogP contribution in [0.15, 0.2) is 47.5 Å². The third kappa shape index (κ3) is 3.61. The molecule has 1 aliphatic heterocycles. The molecule has 0 amide bonds. The monoisotopic (exact) mass is 430 g/mol. The number of nitrogens with zero attached hydrogens (tertiary/aromatic N) is 6. The first-order valence-corrected chi connectivity index (χ1v) is 9.55. The van der Waals surface area contributed by atoms with Gasteiger partial charge in [-0.15, -0.1) is 0 Å². The van der Waals surface area contributed by atoms with E-state index >= 15 is 0 Å². The van der Waals surface area contributed by atoms with Gasteiger partial charge in [-0.1, -0.05) is 5.16 Å². The van der Waals surface area contributed by atoms with E-state index in [0.29, 0.717) is 42.6 Å². The van der Waals surface area contributed by atoms with E-state index in [4.69, 9.17) is 9.26 Å². The van der Waals surface area contributed by atoms with Crippen molar-refractivity contribution in [3.63, 3.8) is 0 Å². The average Bonchev–Trinajstić information content (AvgIpc) is 3.39. The van der Waals surface area contributed by atoms with Crippen LogP contribution in [-0.4, -0.2) is 44.2 Å². The Labute approximate surface area is 174 Å². The molecular formula is C20H17F3N6O2. The summed E-state index contributed by atoms with van der Waals surface area (Å²) in [5.74, 6) is 1.63. The summed E-state index contributed by atoms with van der Waals surface area (Å²) in [6.45, 7) is 3.46. The van der Waals surface area contributed by atoms with Crippen molar-refractivity contribution in [2.45, 2.75) is 19.2 Å². The second kappa shape index (κ2) is 7.34. The normalized spacial score (nSPS) is 17.4. The molecule has 0 saturated carbocycles. The number of aromatic nitrogens is 5. The molecule has 4 aromatic heterocycles. The Balaban J connectivity index is 1.47. The molecule has 1 atom stereocenters. The number of halogens is 3. The van der Waals surface area contributed by atoms with Gasteiger partial charge < -0.3 is 14.2 Å². The van der Waals surface area contributed by atoms with Gasteiger partial charge in [-0.25, -0.2) is 15.0 Å². The fourth-order valence-corrected chi connectivity index (χ4v) is 3.62. The van der Waals surface area contributed by atoms with Crippen LogP contribution in [0.3, 0.4) is 0 Å². The van der Waals surface area contributed by atoms with Gasteiger partial charge >= 0.3 is 6.18 Å². The van der Waals surface area contributed by atoms with Crippen LogP contribution < -0.4 is 4.90 Å². The third-order valence-corrected chi connectivity index (χ3v) is 5.23. The van der Waals surface area contributed by atoms with Crippen molar-refractivity contribution in [1.29, 1.82) is 0 Å². The molecule has 11 heteroatoms. The number of aryl methyl sites for hydroxylation is 1. The van der Waals surface area contributed by atoms with Gasteiger partial charge in [0, 0.05) is 24.5 Å². The predicted octanol–water partition coefficient (Wildman–Crippen LogP) is 3.68. The lowest BCUT2D eigenvalue weighted by atomic mass is 10.1. The van der Waals surface area contributed by atoms with Gasteiger partial charge in [-0.2, -0.15) is 13.2 Å². The molecule has 5 heterocycles. The summed E-state index contributed by atoms with van der Waals surface area (Å²) >= 11 is 0. The first kappa shape index (κ1) is 19.5. The molecule has 31 heavy (non-hydrogen) atoms. The van der Waals surface area contributed by atoms with Crippen LogP contribution in [0.1, 0.15) is 23.0 Å². The minimum absolute atomic E-state index is 0.219. The number of rotatable bonds is 3. The Morgan fingerprint density at radius 1 is 1.13 bits per heavy atom. The molecule has 1 saturated heterocycles. The lowest BCUT2D eigenvalue weighted by Gasteiger charge is -2.33. The number of fused-ring (bicyclic) bond motifs is 1. The van der Waals surface area contributed by atoms with Crippen molar-refractivity contribution in [1.82, 2.24) is 24.5 Å². The van der Waals surface area contributed by atoms with Crippen LogP contribution in [0.4, 0.5) is 19.0 Å². The molecule has 8 nitrogen and oxygen atoms in total. The van der Waals surface area contributed by atoms with Crippen molar-refractivity contribution in [3.05, 3.63) is 59.9 Å². The maximum absolute atomic E-state index is 13.2. The number of pyridine rings is 1. The van der Waals surface area contributed by atoms with E-state index in [1.165, 1.54) is 16.7 Å². The molecular weight excluding hydrogens is 413 g/mol. The zero-order valence-electron chi connectivity index (χ0n) is 16.4. The highest BCUT2D eigenvalue weighted by Gasteiger charge is 2.31. The number of ether oxygens (including phenoxy) is 1. The van der Waals surface area contributed by atoms with Crippen LogP contribution in [0, 0.1) is 6.92 Å². The fourth-order valence-electron chi connectivity index (χ4n) is 3.62. The lowest BCUT2D eigenvalue weighted by Crippen LogP contribution is -2.39. The smallest absolute Gasteiger partial charge is 0.370 e. The van der Waals surface area contributed by atoms with Crippen molar-refractivity contribution in [2.75, 3.05) is 24.6 Å². The Morgan fingerprint density at radius 2 is 2.00 bits per heavy atom. The second-order valence-electron chi connectivity index (χ2n) is 7.17. The molecule has 0 N–H and O–H groups in total. The van der Waals surface area contributed by atoms with E-state index in [1.807, 2.05) is 11.8 Å². The first-order valence-electron chi connectivity index (χ1n) is 9.55. The number of imidazole rings is 1. The van der Waals surface area contributed by atoms with Crippen LogP contribution >= 0.6 is 0 Å². The highest BCUT2D eigenvalue weighted by Crippen LogP contribution is 2.31. The summed E-state index contributed by atoms with van der Waals surface area (Å²) < 4.78 is 51.8. The number of anilines is 1. The molecule has 160 valence electrons. The van der Waals surface area contributed by atoms with E-state index in [1.54, 1.807) is 18.5 Å². The molecule has 4 aromatic rings. The maximum atomic E-state index is 13.2. The quantitative estimate of drug-likeness (QED) is 0.490. The highest BCUT2D eigenvalue weighted by atomic mass is 19.4. The number of hydrogen-bond acceptors (Lipinski definition) is 7. The summed E-state index contributed by atoms with van der Waals surface area (Å²) in [6.07, 6.45) is 1.03. The van der Waals surface area contributed by atoms with Crippen molar-refractivity contribution in [2.24, 2.45) is 0 Å². The van der Waals surface area contributed by atoms with E-state index < -0.39 is 11.7 Å². The van der Waals surface area contributed by atoms with E-state index in [9.17, 15) is 13.2 Å².